The molecule has 1 fully saturated rings. The summed E-state index contributed by atoms with van der Waals surface area (Å²) in [7, 11) is 0. The van der Waals surface area contributed by atoms with Crippen molar-refractivity contribution in [3.63, 3.8) is 0 Å². The van der Waals surface area contributed by atoms with Gasteiger partial charge in [0.25, 0.3) is 0 Å². The van der Waals surface area contributed by atoms with Crippen molar-refractivity contribution < 1.29 is 4.39 Å². The van der Waals surface area contributed by atoms with Crippen molar-refractivity contribution in [1.82, 2.24) is 25.1 Å². The first kappa shape index (κ1) is 16.8. The second kappa shape index (κ2) is 7.74. The zero-order valence-electron chi connectivity index (χ0n) is 14.6. The Morgan fingerprint density at radius 2 is 1.81 bits per heavy atom. The molecule has 1 saturated heterocycles. The summed E-state index contributed by atoms with van der Waals surface area (Å²) < 4.78 is 13.1. The first-order valence-electron chi connectivity index (χ1n) is 9.12. The fourth-order valence-corrected chi connectivity index (χ4v) is 3.61. The summed E-state index contributed by atoms with van der Waals surface area (Å²) in [5.41, 5.74) is 2.18. The largest absolute Gasteiger partial charge is 0.296 e. The molecule has 1 aliphatic heterocycles. The molecule has 1 aliphatic rings. The Labute approximate surface area is 152 Å². The summed E-state index contributed by atoms with van der Waals surface area (Å²) in [6, 6.07) is 17.2. The summed E-state index contributed by atoms with van der Waals surface area (Å²) in [6.07, 6.45) is 3.27. The number of tetrazole rings is 1. The average molecular weight is 351 g/mol. The molecule has 0 bridgehead atoms. The lowest BCUT2D eigenvalue weighted by Crippen LogP contribution is -2.25. The van der Waals surface area contributed by atoms with Gasteiger partial charge in [-0.25, -0.2) is 4.39 Å². The maximum Gasteiger partial charge on any atom is 0.204 e. The molecule has 5 nitrogen and oxygen atoms in total. The molecule has 0 N–H and O–H groups in total. The normalized spacial score (nSPS) is 17.7. The number of hydrogen-bond donors (Lipinski definition) is 0. The van der Waals surface area contributed by atoms with E-state index in [2.05, 4.69) is 20.3 Å². The van der Waals surface area contributed by atoms with E-state index >= 15 is 0 Å². The molecule has 0 aliphatic carbocycles. The van der Waals surface area contributed by atoms with Gasteiger partial charge in [0, 0.05) is 18.2 Å². The van der Waals surface area contributed by atoms with Gasteiger partial charge in [-0.2, -0.15) is 4.80 Å². The van der Waals surface area contributed by atoms with Gasteiger partial charge in [-0.15, -0.1) is 10.2 Å². The minimum Gasteiger partial charge on any atom is -0.296 e. The van der Waals surface area contributed by atoms with Crippen molar-refractivity contribution in [3.8, 4) is 11.4 Å². The van der Waals surface area contributed by atoms with Crippen molar-refractivity contribution in [3.05, 3.63) is 66.0 Å². The molecule has 1 unspecified atom stereocenters. The number of likely N-dealkylation sites (tertiary alicyclic amines) is 1. The molecule has 6 heteroatoms. The van der Waals surface area contributed by atoms with Crippen LogP contribution in [-0.2, 0) is 6.54 Å². The molecule has 1 aromatic heterocycles. The van der Waals surface area contributed by atoms with Gasteiger partial charge in [0.15, 0.2) is 0 Å². The number of aryl methyl sites for hydroxylation is 1. The highest BCUT2D eigenvalue weighted by Gasteiger charge is 2.25. The van der Waals surface area contributed by atoms with Crippen molar-refractivity contribution >= 4 is 0 Å². The van der Waals surface area contributed by atoms with Crippen LogP contribution in [0.1, 0.15) is 30.9 Å². The minimum atomic E-state index is -0.176. The van der Waals surface area contributed by atoms with E-state index < -0.39 is 0 Å². The molecule has 0 amide bonds. The van der Waals surface area contributed by atoms with Gasteiger partial charge < -0.3 is 0 Å². The van der Waals surface area contributed by atoms with E-state index in [9.17, 15) is 4.39 Å². The van der Waals surface area contributed by atoms with Crippen LogP contribution >= 0.6 is 0 Å². The lowest BCUT2D eigenvalue weighted by Gasteiger charge is -2.24. The number of nitrogens with zero attached hydrogens (tertiary/aromatic N) is 5. The van der Waals surface area contributed by atoms with Crippen LogP contribution in [0.5, 0.6) is 0 Å². The molecule has 0 spiro atoms. The lowest BCUT2D eigenvalue weighted by atomic mass is 10.0. The van der Waals surface area contributed by atoms with Gasteiger partial charge in [-0.3, -0.25) is 4.90 Å². The van der Waals surface area contributed by atoms with E-state index in [1.165, 1.54) is 12.0 Å². The third-order valence-electron chi connectivity index (χ3n) is 4.91. The second-order valence-corrected chi connectivity index (χ2v) is 6.67. The maximum atomic E-state index is 13.1. The predicted octanol–water partition coefficient (Wildman–Crippen LogP) is 3.71. The van der Waals surface area contributed by atoms with Gasteiger partial charge >= 0.3 is 0 Å². The zero-order chi connectivity index (χ0) is 17.8. The van der Waals surface area contributed by atoms with Crippen molar-refractivity contribution in [2.75, 3.05) is 13.1 Å². The predicted molar refractivity (Wildman–Crippen MR) is 97.8 cm³/mol. The summed E-state index contributed by atoms with van der Waals surface area (Å²) >= 11 is 0. The lowest BCUT2D eigenvalue weighted by molar-refractivity contribution is 0.245. The highest BCUT2D eigenvalue weighted by molar-refractivity contribution is 5.52. The monoisotopic (exact) mass is 351 g/mol. The highest BCUT2D eigenvalue weighted by atomic mass is 19.1. The molecule has 1 atom stereocenters. The SMILES string of the molecule is Fc1ccc(C2CCCN2CCCn2nnc(-c3ccccc3)n2)cc1. The van der Waals surface area contributed by atoms with E-state index in [-0.39, 0.29) is 5.82 Å². The zero-order valence-corrected chi connectivity index (χ0v) is 14.6. The van der Waals surface area contributed by atoms with Crippen LogP contribution in [0, 0.1) is 5.82 Å². The third kappa shape index (κ3) is 3.80. The quantitative estimate of drug-likeness (QED) is 0.679. The molecule has 26 heavy (non-hydrogen) atoms. The summed E-state index contributed by atoms with van der Waals surface area (Å²) in [5, 5.41) is 12.8. The Morgan fingerprint density at radius 3 is 2.62 bits per heavy atom. The first-order valence-corrected chi connectivity index (χ1v) is 9.12. The average Bonchev–Trinajstić information content (AvgIpc) is 3.33. The van der Waals surface area contributed by atoms with Gasteiger partial charge in [-0.05, 0) is 48.7 Å². The van der Waals surface area contributed by atoms with Gasteiger partial charge in [0.1, 0.15) is 5.82 Å². The molecule has 3 aromatic rings. The van der Waals surface area contributed by atoms with E-state index in [4.69, 9.17) is 0 Å². The Hall–Kier alpha value is -2.60. The van der Waals surface area contributed by atoms with Crippen molar-refractivity contribution in [1.29, 1.82) is 0 Å². The number of aromatic nitrogens is 4. The summed E-state index contributed by atoms with van der Waals surface area (Å²) in [6.45, 7) is 2.80. The van der Waals surface area contributed by atoms with Crippen LogP contribution in [0.15, 0.2) is 54.6 Å². The third-order valence-corrected chi connectivity index (χ3v) is 4.91. The Bertz CT molecular complexity index is 831. The van der Waals surface area contributed by atoms with E-state index in [1.54, 1.807) is 16.9 Å². The molecule has 2 aromatic carbocycles. The molecular formula is C20H22FN5. The Morgan fingerprint density at radius 1 is 1.00 bits per heavy atom. The molecular weight excluding hydrogens is 329 g/mol. The van der Waals surface area contributed by atoms with Gasteiger partial charge in [0.2, 0.25) is 5.82 Å². The number of rotatable bonds is 6. The van der Waals surface area contributed by atoms with E-state index in [0.717, 1.165) is 38.0 Å². The van der Waals surface area contributed by atoms with Gasteiger partial charge in [-0.1, -0.05) is 42.5 Å². The number of halogens is 1. The summed E-state index contributed by atoms with van der Waals surface area (Å²) in [4.78, 5) is 4.15. The summed E-state index contributed by atoms with van der Waals surface area (Å²) in [5.74, 6) is 0.487. The standard InChI is InChI=1S/C20H22FN5/c21-18-11-9-16(10-12-18)19-8-4-13-25(19)14-5-15-26-23-20(22-24-26)17-6-2-1-3-7-17/h1-3,6-7,9-12,19H,4-5,8,13-15H2. The first-order chi connectivity index (χ1) is 12.8. The highest BCUT2D eigenvalue weighted by Crippen LogP contribution is 2.31. The fraction of sp³-hybridized carbons (Fsp3) is 0.350. The number of benzene rings is 2. The second-order valence-electron chi connectivity index (χ2n) is 6.67. The smallest absolute Gasteiger partial charge is 0.204 e. The van der Waals surface area contributed by atoms with Crippen LogP contribution < -0.4 is 0 Å². The van der Waals surface area contributed by atoms with Crippen LogP contribution in [0.3, 0.4) is 0 Å². The number of hydrogen-bond acceptors (Lipinski definition) is 4. The van der Waals surface area contributed by atoms with E-state index in [0.29, 0.717) is 11.9 Å². The van der Waals surface area contributed by atoms with Crippen LogP contribution in [0.2, 0.25) is 0 Å². The van der Waals surface area contributed by atoms with Crippen LogP contribution in [-0.4, -0.2) is 38.2 Å². The molecule has 0 radical (unpaired) electrons. The van der Waals surface area contributed by atoms with Crippen LogP contribution in [0.25, 0.3) is 11.4 Å². The Balaban J connectivity index is 1.33. The van der Waals surface area contributed by atoms with Crippen LogP contribution in [0.4, 0.5) is 4.39 Å². The van der Waals surface area contributed by atoms with Gasteiger partial charge in [0.05, 0.1) is 6.54 Å². The molecule has 4 rings (SSSR count). The fourth-order valence-electron chi connectivity index (χ4n) is 3.61. The minimum absolute atomic E-state index is 0.176. The molecule has 134 valence electrons. The van der Waals surface area contributed by atoms with Crippen molar-refractivity contribution in [2.24, 2.45) is 0 Å². The molecule has 0 saturated carbocycles. The molecule has 2 heterocycles. The van der Waals surface area contributed by atoms with Crippen molar-refractivity contribution in [2.45, 2.75) is 31.8 Å². The maximum absolute atomic E-state index is 13.1. The topological polar surface area (TPSA) is 46.8 Å². The Kier molecular flexibility index (Phi) is 5.02. The van der Waals surface area contributed by atoms with E-state index in [1.807, 2.05) is 42.5 Å².